The monoisotopic (exact) mass is 423 g/mol. The van der Waals surface area contributed by atoms with Crippen molar-refractivity contribution in [3.8, 4) is 11.5 Å². The number of ether oxygens (including phenoxy) is 3. The smallest absolute Gasteiger partial charge is 0.331 e. The van der Waals surface area contributed by atoms with Crippen LogP contribution in [0.2, 0.25) is 5.02 Å². The number of amides is 1. The molecule has 160 valence electrons. The van der Waals surface area contributed by atoms with Crippen molar-refractivity contribution in [2.24, 2.45) is 5.92 Å². The summed E-state index contributed by atoms with van der Waals surface area (Å²) in [5.41, 5.74) is 0.658. The van der Waals surface area contributed by atoms with Gasteiger partial charge >= 0.3 is 5.97 Å². The van der Waals surface area contributed by atoms with Gasteiger partial charge in [-0.05, 0) is 56.4 Å². The van der Waals surface area contributed by atoms with Gasteiger partial charge in [0.2, 0.25) is 0 Å². The summed E-state index contributed by atoms with van der Waals surface area (Å²) < 4.78 is 16.0. The molecule has 0 heterocycles. The molecule has 0 radical (unpaired) electrons. The predicted octanol–water partition coefficient (Wildman–Crippen LogP) is 4.39. The Morgan fingerprint density at radius 2 is 2.00 bits per heavy atom. The Hall–Kier alpha value is -2.21. The van der Waals surface area contributed by atoms with Gasteiger partial charge in [-0.2, -0.15) is 0 Å². The van der Waals surface area contributed by atoms with Crippen molar-refractivity contribution >= 4 is 29.6 Å². The number of carbonyl (C=O) groups excluding carboxylic acids is 2. The number of carbonyl (C=O) groups is 2. The van der Waals surface area contributed by atoms with Crippen LogP contribution in [0.4, 0.5) is 0 Å². The SMILES string of the molecule is CCOc1cc(/C=C/C(=O)O[C@@H](C)C(=O)NCC2CCCCC2)cc(Cl)c1OC. The van der Waals surface area contributed by atoms with Crippen LogP contribution in [0.15, 0.2) is 18.2 Å². The number of methoxy groups -OCH3 is 1. The Kier molecular flexibility index (Phi) is 9.32. The lowest BCUT2D eigenvalue weighted by molar-refractivity contribution is -0.150. The molecule has 1 N–H and O–H groups in total. The maximum atomic E-state index is 12.2. The summed E-state index contributed by atoms with van der Waals surface area (Å²) in [5.74, 6) is 0.580. The Bertz CT molecular complexity index is 728. The Labute approximate surface area is 177 Å². The summed E-state index contributed by atoms with van der Waals surface area (Å²) in [4.78, 5) is 24.2. The normalized spacial score (nSPS) is 15.7. The topological polar surface area (TPSA) is 73.9 Å². The molecule has 29 heavy (non-hydrogen) atoms. The van der Waals surface area contributed by atoms with Gasteiger partial charge in [0, 0.05) is 12.6 Å². The standard InChI is InChI=1S/C22H30ClNO5/c1-4-28-19-13-17(12-18(23)21(19)27-3)10-11-20(25)29-15(2)22(26)24-14-16-8-6-5-7-9-16/h10-13,15-16H,4-9,14H2,1-3H3,(H,24,26)/b11-10+/t15-/m0/s1. The first kappa shape index (κ1) is 23.1. The second kappa shape index (κ2) is 11.7. The molecule has 0 aromatic heterocycles. The molecule has 1 aliphatic rings. The largest absolute Gasteiger partial charge is 0.491 e. The molecule has 0 bridgehead atoms. The van der Waals surface area contributed by atoms with E-state index in [9.17, 15) is 9.59 Å². The van der Waals surface area contributed by atoms with Crippen molar-refractivity contribution in [3.05, 3.63) is 28.8 Å². The van der Waals surface area contributed by atoms with E-state index in [1.807, 2.05) is 6.92 Å². The lowest BCUT2D eigenvalue weighted by Gasteiger charge is -2.22. The molecule has 0 saturated heterocycles. The molecule has 1 amide bonds. The van der Waals surface area contributed by atoms with E-state index in [-0.39, 0.29) is 5.91 Å². The highest BCUT2D eigenvalue weighted by Crippen LogP contribution is 2.36. The maximum absolute atomic E-state index is 12.2. The van der Waals surface area contributed by atoms with Crippen LogP contribution >= 0.6 is 11.6 Å². The Balaban J connectivity index is 1.88. The molecule has 0 aliphatic heterocycles. The average molecular weight is 424 g/mol. The third-order valence-electron chi connectivity index (χ3n) is 4.90. The molecule has 0 unspecified atom stereocenters. The fourth-order valence-electron chi connectivity index (χ4n) is 3.36. The summed E-state index contributed by atoms with van der Waals surface area (Å²) >= 11 is 6.20. The number of hydrogen-bond donors (Lipinski definition) is 1. The van der Waals surface area contributed by atoms with Crippen LogP contribution in [0.1, 0.15) is 51.5 Å². The molecule has 1 atom stereocenters. The highest BCUT2D eigenvalue weighted by Gasteiger charge is 2.19. The molecule has 0 spiro atoms. The van der Waals surface area contributed by atoms with Crippen LogP contribution in [0, 0.1) is 5.92 Å². The van der Waals surface area contributed by atoms with Gasteiger partial charge in [0.05, 0.1) is 18.7 Å². The van der Waals surface area contributed by atoms with E-state index >= 15 is 0 Å². The van der Waals surface area contributed by atoms with E-state index < -0.39 is 12.1 Å². The fraction of sp³-hybridized carbons (Fsp3) is 0.545. The molecular formula is C22H30ClNO5. The zero-order valence-corrected chi connectivity index (χ0v) is 18.1. The third kappa shape index (κ3) is 7.28. The molecule has 1 aliphatic carbocycles. The van der Waals surface area contributed by atoms with Crippen LogP contribution in [0.3, 0.4) is 0 Å². The van der Waals surface area contributed by atoms with Gasteiger partial charge in [-0.1, -0.05) is 30.9 Å². The lowest BCUT2D eigenvalue weighted by atomic mass is 9.89. The van der Waals surface area contributed by atoms with Gasteiger partial charge in [-0.3, -0.25) is 4.79 Å². The minimum Gasteiger partial charge on any atom is -0.491 e. The predicted molar refractivity (Wildman–Crippen MR) is 113 cm³/mol. The quantitative estimate of drug-likeness (QED) is 0.471. The van der Waals surface area contributed by atoms with Crippen LogP contribution in [-0.2, 0) is 14.3 Å². The van der Waals surface area contributed by atoms with Gasteiger partial charge < -0.3 is 19.5 Å². The number of esters is 1. The van der Waals surface area contributed by atoms with Crippen molar-refractivity contribution in [3.63, 3.8) is 0 Å². The van der Waals surface area contributed by atoms with Gasteiger partial charge in [0.1, 0.15) is 0 Å². The molecule has 1 aromatic rings. The van der Waals surface area contributed by atoms with Crippen LogP contribution in [-0.4, -0.2) is 38.2 Å². The van der Waals surface area contributed by atoms with Crippen molar-refractivity contribution in [2.45, 2.75) is 52.1 Å². The molecule has 1 saturated carbocycles. The van der Waals surface area contributed by atoms with Crippen LogP contribution in [0.25, 0.3) is 6.08 Å². The summed E-state index contributed by atoms with van der Waals surface area (Å²) in [5, 5.41) is 3.26. The van der Waals surface area contributed by atoms with Crippen molar-refractivity contribution in [1.82, 2.24) is 5.32 Å². The molecule has 6 nitrogen and oxygen atoms in total. The minimum absolute atomic E-state index is 0.275. The fourth-order valence-corrected chi connectivity index (χ4v) is 3.65. The van der Waals surface area contributed by atoms with E-state index in [0.29, 0.717) is 41.2 Å². The first-order valence-electron chi connectivity index (χ1n) is 10.1. The first-order chi connectivity index (χ1) is 13.9. The van der Waals surface area contributed by atoms with E-state index in [1.165, 1.54) is 32.4 Å². The first-order valence-corrected chi connectivity index (χ1v) is 10.5. The highest BCUT2D eigenvalue weighted by atomic mass is 35.5. The van der Waals surface area contributed by atoms with E-state index in [4.69, 9.17) is 25.8 Å². The third-order valence-corrected chi connectivity index (χ3v) is 5.18. The van der Waals surface area contributed by atoms with Crippen LogP contribution < -0.4 is 14.8 Å². The second-order valence-corrected chi connectivity index (χ2v) is 7.54. The van der Waals surface area contributed by atoms with Crippen molar-refractivity contribution < 1.29 is 23.8 Å². The Morgan fingerprint density at radius 3 is 2.66 bits per heavy atom. The number of rotatable bonds is 9. The summed E-state index contributed by atoms with van der Waals surface area (Å²) in [6, 6.07) is 3.38. The number of nitrogens with one attached hydrogen (secondary N) is 1. The van der Waals surface area contributed by atoms with E-state index in [2.05, 4.69) is 5.32 Å². The molecule has 1 aromatic carbocycles. The Morgan fingerprint density at radius 1 is 1.28 bits per heavy atom. The maximum Gasteiger partial charge on any atom is 0.331 e. The van der Waals surface area contributed by atoms with Gasteiger partial charge in [0.25, 0.3) is 5.91 Å². The second-order valence-electron chi connectivity index (χ2n) is 7.13. The summed E-state index contributed by atoms with van der Waals surface area (Å²) in [7, 11) is 1.51. The van der Waals surface area contributed by atoms with Crippen molar-refractivity contribution in [2.75, 3.05) is 20.3 Å². The summed E-state index contributed by atoms with van der Waals surface area (Å²) in [6.45, 7) is 4.52. The van der Waals surface area contributed by atoms with Crippen LogP contribution in [0.5, 0.6) is 11.5 Å². The molecule has 1 fully saturated rings. The summed E-state index contributed by atoms with van der Waals surface area (Å²) in [6.07, 6.45) is 7.97. The van der Waals surface area contributed by atoms with E-state index in [1.54, 1.807) is 25.1 Å². The zero-order valence-electron chi connectivity index (χ0n) is 17.3. The average Bonchev–Trinajstić information content (AvgIpc) is 2.71. The number of benzene rings is 1. The molecule has 2 rings (SSSR count). The zero-order chi connectivity index (χ0) is 21.2. The molecular weight excluding hydrogens is 394 g/mol. The molecule has 7 heteroatoms. The van der Waals surface area contributed by atoms with Gasteiger partial charge in [0.15, 0.2) is 17.6 Å². The van der Waals surface area contributed by atoms with Crippen molar-refractivity contribution in [1.29, 1.82) is 0 Å². The number of halogens is 1. The number of hydrogen-bond acceptors (Lipinski definition) is 5. The minimum atomic E-state index is -0.853. The highest BCUT2D eigenvalue weighted by molar-refractivity contribution is 6.32. The van der Waals surface area contributed by atoms with E-state index in [0.717, 1.165) is 12.8 Å². The van der Waals surface area contributed by atoms with Gasteiger partial charge in [-0.25, -0.2) is 4.79 Å². The van der Waals surface area contributed by atoms with Gasteiger partial charge in [-0.15, -0.1) is 0 Å². The lowest BCUT2D eigenvalue weighted by Crippen LogP contribution is -2.38.